The van der Waals surface area contributed by atoms with Gasteiger partial charge in [-0.1, -0.05) is 50.3 Å². The lowest BCUT2D eigenvalue weighted by Crippen LogP contribution is -2.28. The number of hydrogen-bond acceptors (Lipinski definition) is 6. The Labute approximate surface area is 169 Å². The summed E-state index contributed by atoms with van der Waals surface area (Å²) in [5.41, 5.74) is 1.34. The molecule has 5 nitrogen and oxygen atoms in total. The number of hydrogen-bond donors (Lipinski definition) is 0. The van der Waals surface area contributed by atoms with Crippen LogP contribution < -0.4 is 0 Å². The fourth-order valence-electron chi connectivity index (χ4n) is 3.32. The number of benzene rings is 1. The molecule has 0 unspecified atom stereocenters. The minimum Gasteiger partial charge on any atom is -0.457 e. The van der Waals surface area contributed by atoms with Crippen LogP contribution in [0.15, 0.2) is 40.6 Å². The van der Waals surface area contributed by atoms with Crippen molar-refractivity contribution in [2.45, 2.75) is 30.9 Å². The Morgan fingerprint density at radius 1 is 1.21 bits per heavy atom. The van der Waals surface area contributed by atoms with Crippen molar-refractivity contribution < 1.29 is 22.7 Å². The summed E-state index contributed by atoms with van der Waals surface area (Å²) in [7, 11) is -3.61. The van der Waals surface area contributed by atoms with Crippen molar-refractivity contribution in [3.63, 3.8) is 0 Å². The molecule has 28 heavy (non-hydrogen) atoms. The summed E-state index contributed by atoms with van der Waals surface area (Å²) in [5, 5.41) is 0. The van der Waals surface area contributed by atoms with Gasteiger partial charge in [0.25, 0.3) is 0 Å². The minimum absolute atomic E-state index is 0.0326. The molecule has 7 heteroatoms. The molecule has 148 valence electrons. The number of ether oxygens (including phenoxy) is 1. The standard InChI is InChI=1S/C21H22O5S2/c1-21(2)12-15-17(16(22)13-21)20(28(3,24)25)27-18(15)19(23)26-11-7-10-14-8-5-4-6-9-14/h4-10H,11-13H2,1-3H3/b10-7+. The minimum atomic E-state index is -3.61. The normalized spacial score (nSPS) is 16.2. The third-order valence-electron chi connectivity index (χ3n) is 4.49. The van der Waals surface area contributed by atoms with Crippen LogP contribution in [-0.2, 0) is 21.0 Å². The van der Waals surface area contributed by atoms with E-state index < -0.39 is 15.8 Å². The third-order valence-corrected chi connectivity index (χ3v) is 7.53. The van der Waals surface area contributed by atoms with Crippen LogP contribution in [0.25, 0.3) is 6.08 Å². The van der Waals surface area contributed by atoms with E-state index in [2.05, 4.69) is 0 Å². The Balaban J connectivity index is 1.86. The zero-order chi connectivity index (χ0) is 20.5. The van der Waals surface area contributed by atoms with Gasteiger partial charge in [0.2, 0.25) is 0 Å². The number of carbonyl (C=O) groups is 2. The molecule has 0 aliphatic heterocycles. The Hall–Kier alpha value is -2.25. The van der Waals surface area contributed by atoms with Crippen molar-refractivity contribution >= 4 is 39.0 Å². The fraction of sp³-hybridized carbons (Fsp3) is 0.333. The van der Waals surface area contributed by atoms with E-state index in [1.54, 1.807) is 6.08 Å². The summed E-state index contributed by atoms with van der Waals surface area (Å²) in [6, 6.07) is 9.60. The third kappa shape index (κ3) is 4.42. The molecule has 0 atom stereocenters. The van der Waals surface area contributed by atoms with Crippen LogP contribution in [-0.4, -0.2) is 33.0 Å². The Bertz CT molecular complexity index is 1040. The molecule has 0 amide bonds. The van der Waals surface area contributed by atoms with E-state index in [0.717, 1.165) is 23.2 Å². The second-order valence-electron chi connectivity index (χ2n) is 7.70. The van der Waals surface area contributed by atoms with Gasteiger partial charge in [-0.25, -0.2) is 13.2 Å². The van der Waals surface area contributed by atoms with Crippen molar-refractivity contribution in [2.24, 2.45) is 5.41 Å². The number of thiophene rings is 1. The first-order chi connectivity index (χ1) is 13.1. The summed E-state index contributed by atoms with van der Waals surface area (Å²) in [6.45, 7) is 3.93. The maximum atomic E-state index is 12.6. The van der Waals surface area contributed by atoms with Crippen molar-refractivity contribution in [3.8, 4) is 0 Å². The Morgan fingerprint density at radius 3 is 2.54 bits per heavy atom. The van der Waals surface area contributed by atoms with Crippen LogP contribution >= 0.6 is 11.3 Å². The first-order valence-electron chi connectivity index (χ1n) is 8.86. The van der Waals surface area contributed by atoms with Crippen LogP contribution in [0, 0.1) is 5.41 Å². The van der Waals surface area contributed by atoms with Gasteiger partial charge in [0.1, 0.15) is 15.7 Å². The molecule has 0 spiro atoms. The molecule has 1 aromatic carbocycles. The van der Waals surface area contributed by atoms with Crippen molar-refractivity contribution in [1.82, 2.24) is 0 Å². The smallest absolute Gasteiger partial charge is 0.348 e. The lowest BCUT2D eigenvalue weighted by molar-refractivity contribution is 0.0554. The van der Waals surface area contributed by atoms with Crippen molar-refractivity contribution in [1.29, 1.82) is 0 Å². The number of sulfone groups is 1. The SMILES string of the molecule is CC1(C)CC(=O)c2c(S(C)(=O)=O)sc(C(=O)OC/C=C/c3ccccc3)c2C1. The van der Waals surface area contributed by atoms with Crippen LogP contribution in [0.1, 0.15) is 51.4 Å². The van der Waals surface area contributed by atoms with Crippen LogP contribution in [0.4, 0.5) is 0 Å². The second kappa shape index (κ2) is 7.64. The number of Topliss-reactive ketones (excluding diaryl/α,β-unsaturated/α-hetero) is 1. The van der Waals surface area contributed by atoms with Gasteiger partial charge >= 0.3 is 5.97 Å². The summed E-state index contributed by atoms with van der Waals surface area (Å²) < 4.78 is 29.6. The van der Waals surface area contributed by atoms with Gasteiger partial charge in [-0.15, -0.1) is 11.3 Å². The number of esters is 1. The van der Waals surface area contributed by atoms with Gasteiger partial charge in [-0.2, -0.15) is 0 Å². The molecule has 0 saturated heterocycles. The van der Waals surface area contributed by atoms with Crippen LogP contribution in [0.2, 0.25) is 0 Å². The highest BCUT2D eigenvalue weighted by atomic mass is 32.2. The molecule has 3 rings (SSSR count). The monoisotopic (exact) mass is 418 g/mol. The Kier molecular flexibility index (Phi) is 5.59. The molecule has 1 aliphatic rings. The largest absolute Gasteiger partial charge is 0.457 e. The number of fused-ring (bicyclic) bond motifs is 1. The van der Waals surface area contributed by atoms with Crippen molar-refractivity contribution in [3.05, 3.63) is 58.0 Å². The lowest BCUT2D eigenvalue weighted by Gasteiger charge is -2.29. The Morgan fingerprint density at radius 2 is 1.89 bits per heavy atom. The van der Waals surface area contributed by atoms with E-state index in [1.165, 1.54) is 0 Å². The first kappa shape index (κ1) is 20.5. The molecular formula is C21H22O5S2. The molecule has 0 bridgehead atoms. The van der Waals surface area contributed by atoms with E-state index in [9.17, 15) is 18.0 Å². The number of rotatable bonds is 5. The summed E-state index contributed by atoms with van der Waals surface area (Å²) in [6.07, 6.45) is 5.34. The molecular weight excluding hydrogens is 396 g/mol. The molecule has 1 aliphatic carbocycles. The average Bonchev–Trinajstić information content (AvgIpc) is 2.98. The highest BCUT2D eigenvalue weighted by Gasteiger charge is 2.39. The van der Waals surface area contributed by atoms with Crippen molar-refractivity contribution in [2.75, 3.05) is 12.9 Å². The second-order valence-corrected chi connectivity index (χ2v) is 10.9. The number of ketones is 1. The highest BCUT2D eigenvalue weighted by Crippen LogP contribution is 2.43. The maximum absolute atomic E-state index is 12.6. The van der Waals surface area contributed by atoms with E-state index in [-0.39, 0.29) is 38.9 Å². The summed E-state index contributed by atoms with van der Waals surface area (Å²) >= 11 is 0.842. The summed E-state index contributed by atoms with van der Waals surface area (Å²) in [4.78, 5) is 25.4. The first-order valence-corrected chi connectivity index (χ1v) is 11.6. The number of carbonyl (C=O) groups excluding carboxylic acids is 2. The molecule has 2 aromatic rings. The van der Waals surface area contributed by atoms with Crippen LogP contribution in [0.3, 0.4) is 0 Å². The van der Waals surface area contributed by atoms with Crippen LogP contribution in [0.5, 0.6) is 0 Å². The highest BCUT2D eigenvalue weighted by molar-refractivity contribution is 7.92. The van der Waals surface area contributed by atoms with E-state index in [4.69, 9.17) is 4.74 Å². The molecule has 0 radical (unpaired) electrons. The zero-order valence-electron chi connectivity index (χ0n) is 16.0. The average molecular weight is 419 g/mol. The van der Waals surface area contributed by atoms with Gasteiger partial charge in [0, 0.05) is 12.7 Å². The molecule has 1 heterocycles. The maximum Gasteiger partial charge on any atom is 0.348 e. The topological polar surface area (TPSA) is 77.5 Å². The zero-order valence-corrected chi connectivity index (χ0v) is 17.7. The molecule has 0 N–H and O–H groups in total. The van der Waals surface area contributed by atoms with E-state index in [1.807, 2.05) is 50.3 Å². The predicted molar refractivity (Wildman–Crippen MR) is 110 cm³/mol. The van der Waals surface area contributed by atoms with Gasteiger partial charge in [0.15, 0.2) is 15.6 Å². The summed E-state index contributed by atoms with van der Waals surface area (Å²) in [5.74, 6) is -0.828. The van der Waals surface area contributed by atoms with Gasteiger partial charge in [-0.05, 0) is 29.0 Å². The van der Waals surface area contributed by atoms with Gasteiger partial charge in [-0.3, -0.25) is 4.79 Å². The van der Waals surface area contributed by atoms with Gasteiger partial charge < -0.3 is 4.74 Å². The molecule has 0 fully saturated rings. The molecule has 1 aromatic heterocycles. The quantitative estimate of drug-likeness (QED) is 0.681. The lowest BCUT2D eigenvalue weighted by atomic mass is 9.74. The fourth-order valence-corrected chi connectivity index (χ4v) is 5.75. The molecule has 0 saturated carbocycles. The van der Waals surface area contributed by atoms with Gasteiger partial charge in [0.05, 0.1) is 5.56 Å². The predicted octanol–water partition coefficient (Wildman–Crippen LogP) is 4.18. The van der Waals surface area contributed by atoms with E-state index >= 15 is 0 Å². The van der Waals surface area contributed by atoms with E-state index in [0.29, 0.717) is 12.0 Å².